The van der Waals surface area contributed by atoms with Crippen LogP contribution in [0.25, 0.3) is 11.3 Å². The first-order valence-electron chi connectivity index (χ1n) is 7.79. The van der Waals surface area contributed by atoms with Crippen molar-refractivity contribution in [3.05, 3.63) is 75.9 Å². The number of carbonyl (C=O) groups is 1. The molecule has 0 bridgehead atoms. The zero-order valence-electron chi connectivity index (χ0n) is 13.7. The van der Waals surface area contributed by atoms with Gasteiger partial charge in [0.1, 0.15) is 6.61 Å². The molecule has 0 atom stereocenters. The minimum atomic E-state index is -0.480. The van der Waals surface area contributed by atoms with Crippen LogP contribution >= 0.6 is 15.9 Å². The summed E-state index contributed by atoms with van der Waals surface area (Å²) in [5, 5.41) is 6.72. The summed E-state index contributed by atoms with van der Waals surface area (Å²) in [7, 11) is 0. The molecule has 25 heavy (non-hydrogen) atoms. The largest absolute Gasteiger partial charge is 0.444 e. The predicted octanol–water partition coefficient (Wildman–Crippen LogP) is 4.84. The number of aryl methyl sites for hydroxylation is 1. The quantitative estimate of drug-likeness (QED) is 0.665. The van der Waals surface area contributed by atoms with E-state index in [0.717, 1.165) is 21.2 Å². The number of aromatic nitrogens is 1. The van der Waals surface area contributed by atoms with Gasteiger partial charge in [-0.05, 0) is 24.6 Å². The highest BCUT2D eigenvalue weighted by molar-refractivity contribution is 9.10. The van der Waals surface area contributed by atoms with Crippen molar-refractivity contribution in [1.29, 1.82) is 0 Å². The monoisotopic (exact) mass is 400 g/mol. The first-order chi connectivity index (χ1) is 12.1. The normalized spacial score (nSPS) is 10.5. The molecule has 1 heterocycles. The third-order valence-corrected chi connectivity index (χ3v) is 4.25. The summed E-state index contributed by atoms with van der Waals surface area (Å²) in [4.78, 5) is 11.9. The molecular formula is C19H17BrN2O3. The highest BCUT2D eigenvalue weighted by Gasteiger charge is 2.16. The van der Waals surface area contributed by atoms with Gasteiger partial charge in [-0.1, -0.05) is 63.6 Å². The molecule has 1 N–H and O–H groups in total. The van der Waals surface area contributed by atoms with Crippen LogP contribution in [0, 0.1) is 6.92 Å². The maximum atomic E-state index is 11.9. The molecule has 3 rings (SSSR count). The van der Waals surface area contributed by atoms with Crippen LogP contribution in [-0.2, 0) is 17.9 Å². The molecule has 0 fully saturated rings. The highest BCUT2D eigenvalue weighted by Crippen LogP contribution is 2.28. The van der Waals surface area contributed by atoms with E-state index in [0.29, 0.717) is 18.0 Å². The summed E-state index contributed by atoms with van der Waals surface area (Å²) in [5.74, 6) is 0.612. The Bertz CT molecular complexity index is 845. The Morgan fingerprint density at radius 3 is 2.60 bits per heavy atom. The number of rotatable bonds is 5. The van der Waals surface area contributed by atoms with Crippen LogP contribution in [0.5, 0.6) is 0 Å². The Morgan fingerprint density at radius 1 is 1.16 bits per heavy atom. The molecular weight excluding hydrogens is 384 g/mol. The van der Waals surface area contributed by atoms with Gasteiger partial charge in [-0.3, -0.25) is 0 Å². The summed E-state index contributed by atoms with van der Waals surface area (Å²) in [6.07, 6.45) is -0.480. The van der Waals surface area contributed by atoms with Gasteiger partial charge in [0.05, 0.1) is 11.3 Å². The number of alkyl carbamates (subject to hydrolysis) is 1. The van der Waals surface area contributed by atoms with Crippen molar-refractivity contribution in [2.24, 2.45) is 0 Å². The number of nitrogens with one attached hydrogen (secondary N) is 1. The second-order valence-corrected chi connectivity index (χ2v) is 6.41. The zero-order valence-corrected chi connectivity index (χ0v) is 15.2. The van der Waals surface area contributed by atoms with Gasteiger partial charge in [0.2, 0.25) is 0 Å². The number of amides is 1. The summed E-state index contributed by atoms with van der Waals surface area (Å²) in [6, 6.07) is 17.3. The van der Waals surface area contributed by atoms with Gasteiger partial charge in [-0.15, -0.1) is 0 Å². The summed E-state index contributed by atoms with van der Waals surface area (Å²) >= 11 is 3.40. The standard InChI is InChI=1S/C19H17BrN2O3/c1-13-17(18(25-22-13)15-7-9-16(20)10-8-15)12-24-19(23)21-11-14-5-3-2-4-6-14/h2-10H,11-12H2,1H3,(H,21,23). The van der Waals surface area contributed by atoms with Crippen molar-refractivity contribution in [2.45, 2.75) is 20.1 Å². The van der Waals surface area contributed by atoms with Crippen LogP contribution < -0.4 is 5.32 Å². The van der Waals surface area contributed by atoms with E-state index >= 15 is 0 Å². The van der Waals surface area contributed by atoms with E-state index in [-0.39, 0.29) is 6.61 Å². The van der Waals surface area contributed by atoms with Gasteiger partial charge in [0.15, 0.2) is 5.76 Å². The van der Waals surface area contributed by atoms with Gasteiger partial charge < -0.3 is 14.6 Å². The Hall–Kier alpha value is -2.60. The van der Waals surface area contributed by atoms with Crippen molar-refractivity contribution in [3.63, 3.8) is 0 Å². The van der Waals surface area contributed by atoms with E-state index in [4.69, 9.17) is 9.26 Å². The Kier molecular flexibility index (Phi) is 5.50. The van der Waals surface area contributed by atoms with Gasteiger partial charge in [-0.2, -0.15) is 0 Å². The van der Waals surface area contributed by atoms with Gasteiger partial charge in [0, 0.05) is 16.6 Å². The fourth-order valence-corrected chi connectivity index (χ4v) is 2.61. The molecule has 3 aromatic rings. The maximum Gasteiger partial charge on any atom is 0.407 e. The SMILES string of the molecule is Cc1noc(-c2ccc(Br)cc2)c1COC(=O)NCc1ccccc1. The third kappa shape index (κ3) is 4.48. The molecule has 0 aliphatic carbocycles. The molecule has 0 saturated carbocycles. The van der Waals surface area contributed by atoms with Crippen molar-refractivity contribution < 1.29 is 14.1 Å². The van der Waals surface area contributed by atoms with Crippen LogP contribution in [0.2, 0.25) is 0 Å². The molecule has 1 aromatic heterocycles. The molecule has 0 radical (unpaired) electrons. The van der Waals surface area contributed by atoms with E-state index in [1.165, 1.54) is 0 Å². The lowest BCUT2D eigenvalue weighted by Crippen LogP contribution is -2.23. The van der Waals surface area contributed by atoms with E-state index in [1.807, 2.05) is 61.5 Å². The van der Waals surface area contributed by atoms with E-state index in [1.54, 1.807) is 0 Å². The van der Waals surface area contributed by atoms with Crippen molar-refractivity contribution in [2.75, 3.05) is 0 Å². The molecule has 0 aliphatic rings. The number of hydrogen-bond acceptors (Lipinski definition) is 4. The lowest BCUT2D eigenvalue weighted by atomic mass is 10.1. The molecule has 0 saturated heterocycles. The zero-order chi connectivity index (χ0) is 17.6. The first kappa shape index (κ1) is 17.2. The lowest BCUT2D eigenvalue weighted by Gasteiger charge is -2.07. The number of ether oxygens (including phenoxy) is 1. The van der Waals surface area contributed by atoms with Crippen LogP contribution in [0.1, 0.15) is 16.8 Å². The minimum absolute atomic E-state index is 0.0986. The van der Waals surface area contributed by atoms with Gasteiger partial charge in [-0.25, -0.2) is 4.79 Å². The van der Waals surface area contributed by atoms with Crippen molar-refractivity contribution >= 4 is 22.0 Å². The topological polar surface area (TPSA) is 64.4 Å². The fourth-order valence-electron chi connectivity index (χ4n) is 2.35. The third-order valence-electron chi connectivity index (χ3n) is 3.72. The summed E-state index contributed by atoms with van der Waals surface area (Å²) in [6.45, 7) is 2.34. The minimum Gasteiger partial charge on any atom is -0.444 e. The predicted molar refractivity (Wildman–Crippen MR) is 97.8 cm³/mol. The summed E-state index contributed by atoms with van der Waals surface area (Å²) < 4.78 is 11.7. The van der Waals surface area contributed by atoms with Crippen LogP contribution in [0.4, 0.5) is 4.79 Å². The highest BCUT2D eigenvalue weighted by atomic mass is 79.9. The summed E-state index contributed by atoms with van der Waals surface area (Å²) in [5.41, 5.74) is 3.36. The van der Waals surface area contributed by atoms with Gasteiger partial charge >= 0.3 is 6.09 Å². The van der Waals surface area contributed by atoms with Crippen molar-refractivity contribution in [3.8, 4) is 11.3 Å². The first-order valence-corrected chi connectivity index (χ1v) is 8.58. The second-order valence-electron chi connectivity index (χ2n) is 5.50. The maximum absolute atomic E-state index is 11.9. The second kappa shape index (κ2) is 7.98. The number of carbonyl (C=O) groups excluding carboxylic acids is 1. The number of benzene rings is 2. The Morgan fingerprint density at radius 2 is 1.88 bits per heavy atom. The smallest absolute Gasteiger partial charge is 0.407 e. The molecule has 0 spiro atoms. The number of halogens is 1. The Labute approximate surface area is 154 Å². The molecule has 0 unspecified atom stereocenters. The average molecular weight is 401 g/mol. The lowest BCUT2D eigenvalue weighted by molar-refractivity contribution is 0.139. The van der Waals surface area contributed by atoms with Crippen molar-refractivity contribution in [1.82, 2.24) is 10.5 Å². The van der Waals surface area contributed by atoms with E-state index in [2.05, 4.69) is 26.4 Å². The number of nitrogens with zero attached hydrogens (tertiary/aromatic N) is 1. The molecule has 128 valence electrons. The molecule has 5 nitrogen and oxygen atoms in total. The van der Waals surface area contributed by atoms with Crippen LogP contribution in [0.3, 0.4) is 0 Å². The fraction of sp³-hybridized carbons (Fsp3) is 0.158. The van der Waals surface area contributed by atoms with Gasteiger partial charge in [0.25, 0.3) is 0 Å². The molecule has 6 heteroatoms. The molecule has 1 amide bonds. The van der Waals surface area contributed by atoms with E-state index in [9.17, 15) is 4.79 Å². The molecule has 2 aromatic carbocycles. The number of hydrogen-bond donors (Lipinski definition) is 1. The van der Waals surface area contributed by atoms with Crippen LogP contribution in [0.15, 0.2) is 63.6 Å². The average Bonchev–Trinajstić information content (AvgIpc) is 3.00. The molecule has 0 aliphatic heterocycles. The van der Waals surface area contributed by atoms with Crippen LogP contribution in [-0.4, -0.2) is 11.2 Å². The Balaban J connectivity index is 1.62. The van der Waals surface area contributed by atoms with E-state index < -0.39 is 6.09 Å².